The Kier molecular flexibility index (Phi) is 4.36. The van der Waals surface area contributed by atoms with Crippen molar-refractivity contribution in [2.75, 3.05) is 0 Å². The zero-order chi connectivity index (χ0) is 12.8. The lowest BCUT2D eigenvalue weighted by molar-refractivity contribution is -0.384. The van der Waals surface area contributed by atoms with E-state index in [0.29, 0.717) is 0 Å². The molecule has 0 heterocycles. The molecule has 0 aliphatic carbocycles. The lowest BCUT2D eigenvalue weighted by Crippen LogP contribution is -1.88. The molecule has 0 N–H and O–H groups in total. The summed E-state index contributed by atoms with van der Waals surface area (Å²) in [4.78, 5) is 10.1. The van der Waals surface area contributed by atoms with Crippen LogP contribution in [0, 0.1) is 10.1 Å². The first-order valence-corrected chi connectivity index (χ1v) is 6.76. The summed E-state index contributed by atoms with van der Waals surface area (Å²) in [6.07, 6.45) is 0. The monoisotopic (exact) mass is 259 g/mol. The molecule has 0 aromatic heterocycles. The smallest absolute Gasteiger partial charge is 0.258 e. The van der Waals surface area contributed by atoms with Gasteiger partial charge in [-0.2, -0.15) is 11.8 Å². The second-order valence-corrected chi connectivity index (χ2v) is 4.89. The molecule has 0 radical (unpaired) electrons. The summed E-state index contributed by atoms with van der Waals surface area (Å²) < 4.78 is 0. The van der Waals surface area contributed by atoms with Gasteiger partial charge < -0.3 is 0 Å². The molecule has 18 heavy (non-hydrogen) atoms. The predicted molar refractivity (Wildman–Crippen MR) is 74.5 cm³/mol. The highest BCUT2D eigenvalue weighted by Gasteiger charge is 2.03. The number of rotatable bonds is 5. The van der Waals surface area contributed by atoms with Gasteiger partial charge in [0.1, 0.15) is 0 Å². The minimum Gasteiger partial charge on any atom is -0.258 e. The van der Waals surface area contributed by atoms with Crippen LogP contribution in [-0.4, -0.2) is 4.92 Å². The van der Waals surface area contributed by atoms with E-state index in [1.165, 1.54) is 5.56 Å². The van der Waals surface area contributed by atoms with Crippen molar-refractivity contribution < 1.29 is 4.92 Å². The highest BCUT2D eigenvalue weighted by atomic mass is 32.2. The number of non-ortho nitro benzene ring substituents is 1. The second-order valence-electron chi connectivity index (χ2n) is 3.90. The molecule has 0 atom stereocenters. The third kappa shape index (κ3) is 3.60. The van der Waals surface area contributed by atoms with Gasteiger partial charge in [0, 0.05) is 23.6 Å². The minimum absolute atomic E-state index is 0.145. The van der Waals surface area contributed by atoms with E-state index in [1.54, 1.807) is 23.9 Å². The van der Waals surface area contributed by atoms with Crippen molar-refractivity contribution in [3.63, 3.8) is 0 Å². The second kappa shape index (κ2) is 6.21. The fraction of sp³-hybridized carbons (Fsp3) is 0.143. The molecule has 0 amide bonds. The summed E-state index contributed by atoms with van der Waals surface area (Å²) in [6, 6.07) is 17.0. The lowest BCUT2D eigenvalue weighted by Gasteiger charge is -2.02. The topological polar surface area (TPSA) is 43.1 Å². The summed E-state index contributed by atoms with van der Waals surface area (Å²) in [6.45, 7) is 0. The number of benzene rings is 2. The van der Waals surface area contributed by atoms with Crippen molar-refractivity contribution in [3.05, 3.63) is 75.8 Å². The van der Waals surface area contributed by atoms with Crippen LogP contribution >= 0.6 is 11.8 Å². The molecule has 0 saturated carbocycles. The molecule has 2 aromatic rings. The van der Waals surface area contributed by atoms with Crippen LogP contribution in [0.1, 0.15) is 11.1 Å². The Hall–Kier alpha value is -1.81. The van der Waals surface area contributed by atoms with Crippen LogP contribution < -0.4 is 0 Å². The highest BCUT2D eigenvalue weighted by Crippen LogP contribution is 2.19. The zero-order valence-corrected chi connectivity index (χ0v) is 10.6. The van der Waals surface area contributed by atoms with Gasteiger partial charge in [0.2, 0.25) is 0 Å². The van der Waals surface area contributed by atoms with E-state index >= 15 is 0 Å². The number of hydrogen-bond donors (Lipinski definition) is 0. The van der Waals surface area contributed by atoms with Crippen molar-refractivity contribution in [3.8, 4) is 0 Å². The number of nitrogens with zero attached hydrogens (tertiary/aromatic N) is 1. The molecular weight excluding hydrogens is 246 g/mol. The van der Waals surface area contributed by atoms with Gasteiger partial charge in [0.05, 0.1) is 4.92 Å². The van der Waals surface area contributed by atoms with Crippen molar-refractivity contribution in [1.29, 1.82) is 0 Å². The van der Waals surface area contributed by atoms with E-state index in [1.807, 2.05) is 30.3 Å². The normalized spacial score (nSPS) is 10.2. The van der Waals surface area contributed by atoms with E-state index in [2.05, 4.69) is 12.1 Å². The molecule has 0 aliphatic rings. The molecular formula is C14H13NO2S. The maximum Gasteiger partial charge on any atom is 0.269 e. The minimum atomic E-state index is -0.374. The number of nitro benzene ring substituents is 1. The Labute approximate surface area is 110 Å². The number of thioether (sulfide) groups is 1. The molecule has 0 saturated heterocycles. The third-order valence-electron chi connectivity index (χ3n) is 2.53. The van der Waals surface area contributed by atoms with Gasteiger partial charge in [-0.15, -0.1) is 0 Å². The Morgan fingerprint density at radius 2 is 1.44 bits per heavy atom. The van der Waals surface area contributed by atoms with Crippen LogP contribution in [0.15, 0.2) is 54.6 Å². The summed E-state index contributed by atoms with van der Waals surface area (Å²) in [5.41, 5.74) is 2.55. The number of nitro groups is 1. The summed E-state index contributed by atoms with van der Waals surface area (Å²) in [7, 11) is 0. The van der Waals surface area contributed by atoms with Gasteiger partial charge in [0.25, 0.3) is 5.69 Å². The van der Waals surface area contributed by atoms with E-state index < -0.39 is 0 Å². The van der Waals surface area contributed by atoms with Crippen LogP contribution in [0.5, 0.6) is 0 Å². The Balaban J connectivity index is 1.85. The van der Waals surface area contributed by atoms with Crippen molar-refractivity contribution >= 4 is 17.4 Å². The van der Waals surface area contributed by atoms with Crippen LogP contribution in [-0.2, 0) is 11.5 Å². The molecule has 0 bridgehead atoms. The molecule has 92 valence electrons. The first kappa shape index (κ1) is 12.6. The molecule has 2 rings (SSSR count). The maximum atomic E-state index is 10.5. The van der Waals surface area contributed by atoms with Crippen molar-refractivity contribution in [2.24, 2.45) is 0 Å². The van der Waals surface area contributed by atoms with Gasteiger partial charge in [-0.25, -0.2) is 0 Å². The Morgan fingerprint density at radius 3 is 2.00 bits per heavy atom. The van der Waals surface area contributed by atoms with Crippen LogP contribution in [0.2, 0.25) is 0 Å². The summed E-state index contributed by atoms with van der Waals surface area (Å²) >= 11 is 1.80. The van der Waals surface area contributed by atoms with E-state index in [0.717, 1.165) is 17.1 Å². The highest BCUT2D eigenvalue weighted by molar-refractivity contribution is 7.97. The Morgan fingerprint density at radius 1 is 0.889 bits per heavy atom. The molecule has 0 spiro atoms. The molecule has 3 nitrogen and oxygen atoms in total. The van der Waals surface area contributed by atoms with E-state index in [4.69, 9.17) is 0 Å². The standard InChI is InChI=1S/C14H13NO2S/c16-15(17)14-8-6-13(7-9-14)11-18-10-12-4-2-1-3-5-12/h1-9H,10-11H2. The van der Waals surface area contributed by atoms with E-state index in [-0.39, 0.29) is 10.6 Å². The molecule has 2 aromatic carbocycles. The van der Waals surface area contributed by atoms with Gasteiger partial charge in [-0.05, 0) is 11.1 Å². The van der Waals surface area contributed by atoms with Crippen molar-refractivity contribution in [2.45, 2.75) is 11.5 Å². The van der Waals surface area contributed by atoms with Crippen LogP contribution in [0.3, 0.4) is 0 Å². The first-order chi connectivity index (χ1) is 8.75. The summed E-state index contributed by atoms with van der Waals surface area (Å²) in [5.74, 6) is 1.82. The number of hydrogen-bond acceptors (Lipinski definition) is 3. The van der Waals surface area contributed by atoms with E-state index in [9.17, 15) is 10.1 Å². The average molecular weight is 259 g/mol. The first-order valence-electron chi connectivity index (χ1n) is 5.61. The summed E-state index contributed by atoms with van der Waals surface area (Å²) in [5, 5.41) is 10.5. The molecule has 0 aliphatic heterocycles. The zero-order valence-electron chi connectivity index (χ0n) is 9.78. The van der Waals surface area contributed by atoms with Crippen LogP contribution in [0.4, 0.5) is 5.69 Å². The van der Waals surface area contributed by atoms with Gasteiger partial charge in [0.15, 0.2) is 0 Å². The predicted octanol–water partition coefficient (Wildman–Crippen LogP) is 4.03. The largest absolute Gasteiger partial charge is 0.269 e. The SMILES string of the molecule is O=[N+]([O-])c1ccc(CSCc2ccccc2)cc1. The fourth-order valence-corrected chi connectivity index (χ4v) is 2.53. The lowest BCUT2D eigenvalue weighted by atomic mass is 10.2. The quantitative estimate of drug-likeness (QED) is 0.601. The Bertz CT molecular complexity index is 511. The fourth-order valence-electron chi connectivity index (χ4n) is 1.57. The van der Waals surface area contributed by atoms with Gasteiger partial charge in [-0.1, -0.05) is 42.5 Å². The van der Waals surface area contributed by atoms with Gasteiger partial charge >= 0.3 is 0 Å². The molecule has 0 unspecified atom stereocenters. The molecule has 4 heteroatoms. The third-order valence-corrected chi connectivity index (χ3v) is 3.60. The average Bonchev–Trinajstić information content (AvgIpc) is 2.40. The van der Waals surface area contributed by atoms with Crippen LogP contribution in [0.25, 0.3) is 0 Å². The maximum absolute atomic E-state index is 10.5. The van der Waals surface area contributed by atoms with Crippen molar-refractivity contribution in [1.82, 2.24) is 0 Å². The molecule has 0 fully saturated rings. The van der Waals surface area contributed by atoms with Gasteiger partial charge in [-0.3, -0.25) is 10.1 Å².